The van der Waals surface area contributed by atoms with Crippen molar-refractivity contribution in [3.63, 3.8) is 0 Å². The molecule has 1 atom stereocenters. The van der Waals surface area contributed by atoms with Crippen LogP contribution in [-0.4, -0.2) is 50.5 Å². The Morgan fingerprint density at radius 3 is 2.12 bits per heavy atom. The molecule has 7 nitrogen and oxygen atoms in total. The lowest BCUT2D eigenvalue weighted by Crippen LogP contribution is -2.53. The Balaban J connectivity index is 2.08. The minimum atomic E-state index is -3.98. The molecule has 1 unspecified atom stereocenters. The van der Waals surface area contributed by atoms with Crippen molar-refractivity contribution >= 4 is 62.3 Å². The first-order chi connectivity index (χ1) is 18.9. The summed E-state index contributed by atoms with van der Waals surface area (Å²) in [5, 5.41) is 3.49. The molecule has 3 aromatic rings. The molecule has 1 N–H and O–H groups in total. The molecule has 3 aromatic carbocycles. The number of sulfonamides is 1. The molecule has 11 heteroatoms. The van der Waals surface area contributed by atoms with Gasteiger partial charge in [-0.3, -0.25) is 13.9 Å². The van der Waals surface area contributed by atoms with E-state index in [9.17, 15) is 18.0 Å². The van der Waals surface area contributed by atoms with Gasteiger partial charge in [0.15, 0.2) is 0 Å². The number of carbonyl (C=O) groups is 2. The van der Waals surface area contributed by atoms with E-state index in [0.717, 1.165) is 16.1 Å². The number of hydrogen-bond donors (Lipinski definition) is 1. The third-order valence-corrected chi connectivity index (χ3v) is 8.44. The van der Waals surface area contributed by atoms with Crippen molar-refractivity contribution in [2.24, 2.45) is 5.92 Å². The Bertz CT molecular complexity index is 1440. The summed E-state index contributed by atoms with van der Waals surface area (Å²) in [6.07, 6.45) is 1.18. The number of hydrogen-bond acceptors (Lipinski definition) is 4. The van der Waals surface area contributed by atoms with Gasteiger partial charge in [0.05, 0.1) is 22.0 Å². The van der Waals surface area contributed by atoms with E-state index in [1.165, 1.54) is 17.0 Å². The van der Waals surface area contributed by atoms with Crippen molar-refractivity contribution in [3.05, 3.63) is 99.0 Å². The molecule has 0 bridgehead atoms. The van der Waals surface area contributed by atoms with Gasteiger partial charge in [-0.1, -0.05) is 103 Å². The maximum atomic E-state index is 14.1. The lowest BCUT2D eigenvalue weighted by Gasteiger charge is -2.34. The van der Waals surface area contributed by atoms with E-state index >= 15 is 0 Å². The maximum Gasteiger partial charge on any atom is 0.244 e. The van der Waals surface area contributed by atoms with Crippen LogP contribution < -0.4 is 9.62 Å². The molecule has 0 aliphatic heterocycles. The summed E-state index contributed by atoms with van der Waals surface area (Å²) < 4.78 is 26.7. The van der Waals surface area contributed by atoms with E-state index in [1.807, 2.05) is 44.2 Å². The Kier molecular flexibility index (Phi) is 11.3. The van der Waals surface area contributed by atoms with Crippen LogP contribution >= 0.6 is 34.8 Å². The first-order valence-electron chi connectivity index (χ1n) is 12.6. The van der Waals surface area contributed by atoms with Gasteiger partial charge in [0.1, 0.15) is 12.6 Å². The Hall–Kier alpha value is -2.78. The molecule has 0 radical (unpaired) electrons. The van der Waals surface area contributed by atoms with E-state index in [0.29, 0.717) is 17.1 Å². The van der Waals surface area contributed by atoms with Gasteiger partial charge < -0.3 is 10.2 Å². The summed E-state index contributed by atoms with van der Waals surface area (Å²) in [7, 11) is -3.98. The molecule has 0 fully saturated rings. The first kappa shape index (κ1) is 31.7. The van der Waals surface area contributed by atoms with Gasteiger partial charge in [-0.15, -0.1) is 0 Å². The van der Waals surface area contributed by atoms with Crippen molar-refractivity contribution in [2.45, 2.75) is 32.9 Å². The van der Waals surface area contributed by atoms with E-state index in [1.54, 1.807) is 30.3 Å². The summed E-state index contributed by atoms with van der Waals surface area (Å²) in [5.41, 5.74) is 1.51. The number of nitrogens with zero attached hydrogens (tertiary/aromatic N) is 2. The van der Waals surface area contributed by atoms with Crippen LogP contribution in [0.15, 0.2) is 72.8 Å². The molecule has 3 rings (SSSR count). The van der Waals surface area contributed by atoms with Gasteiger partial charge in [-0.05, 0) is 35.2 Å². The maximum absolute atomic E-state index is 14.1. The van der Waals surface area contributed by atoms with Gasteiger partial charge in [-0.2, -0.15) is 0 Å². The van der Waals surface area contributed by atoms with Crippen molar-refractivity contribution < 1.29 is 18.0 Å². The van der Waals surface area contributed by atoms with Crippen LogP contribution in [0.3, 0.4) is 0 Å². The zero-order valence-corrected chi connectivity index (χ0v) is 25.6. The number of nitrogens with one attached hydrogen (secondary N) is 1. The van der Waals surface area contributed by atoms with E-state index in [-0.39, 0.29) is 40.5 Å². The smallest absolute Gasteiger partial charge is 0.244 e. The molecule has 0 spiro atoms. The van der Waals surface area contributed by atoms with Crippen molar-refractivity contribution in [1.29, 1.82) is 0 Å². The molecule has 0 heterocycles. The lowest BCUT2D eigenvalue weighted by atomic mass is 10.0. The number of amides is 2. The fourth-order valence-electron chi connectivity index (χ4n) is 4.07. The SMILES string of the molecule is CC(C)CNC(=O)C(Cc1ccccc1)N(Cc1ccccc1Cl)C(=O)CN(c1cccc(Cl)c1Cl)S(C)(=O)=O. The topological polar surface area (TPSA) is 86.8 Å². The second kappa shape index (κ2) is 14.2. The highest BCUT2D eigenvalue weighted by Crippen LogP contribution is 2.34. The number of halogens is 3. The van der Waals surface area contributed by atoms with Crippen LogP contribution in [0.4, 0.5) is 5.69 Å². The Morgan fingerprint density at radius 1 is 0.875 bits per heavy atom. The summed E-state index contributed by atoms with van der Waals surface area (Å²) in [6.45, 7) is 3.72. The van der Waals surface area contributed by atoms with E-state index in [4.69, 9.17) is 34.8 Å². The second-order valence-corrected chi connectivity index (χ2v) is 12.9. The Labute approximate surface area is 251 Å². The molecular formula is C29H32Cl3N3O4S. The number of carbonyl (C=O) groups excluding carboxylic acids is 2. The quantitative estimate of drug-likeness (QED) is 0.275. The predicted molar refractivity (Wildman–Crippen MR) is 162 cm³/mol. The van der Waals surface area contributed by atoms with Crippen molar-refractivity contribution in [3.8, 4) is 0 Å². The number of benzene rings is 3. The minimum absolute atomic E-state index is 0.00411. The standard InChI is InChI=1S/C29H32Cl3N3O4S/c1-20(2)17-33-29(37)26(16-21-10-5-4-6-11-21)34(18-22-12-7-8-13-23(22)30)27(36)19-35(40(3,38)39)25-15-9-14-24(31)28(25)32/h4-15,20,26H,16-19H2,1-3H3,(H,33,37). The molecule has 0 saturated carbocycles. The average molecular weight is 625 g/mol. The van der Waals surface area contributed by atoms with E-state index < -0.39 is 28.5 Å². The normalized spacial score (nSPS) is 12.2. The highest BCUT2D eigenvalue weighted by atomic mass is 35.5. The van der Waals surface area contributed by atoms with Crippen LogP contribution in [0.5, 0.6) is 0 Å². The van der Waals surface area contributed by atoms with Gasteiger partial charge in [0.25, 0.3) is 0 Å². The first-order valence-corrected chi connectivity index (χ1v) is 15.6. The van der Waals surface area contributed by atoms with Gasteiger partial charge in [-0.25, -0.2) is 8.42 Å². The van der Waals surface area contributed by atoms with Gasteiger partial charge in [0, 0.05) is 24.5 Å². The molecular weight excluding hydrogens is 593 g/mol. The fraction of sp³-hybridized carbons (Fsp3) is 0.310. The predicted octanol–water partition coefficient (Wildman–Crippen LogP) is 5.83. The van der Waals surface area contributed by atoms with Crippen molar-refractivity contribution in [2.75, 3.05) is 23.7 Å². The third-order valence-electron chi connectivity index (χ3n) is 6.13. The van der Waals surface area contributed by atoms with Crippen LogP contribution in [-0.2, 0) is 32.6 Å². The van der Waals surface area contributed by atoms with Crippen LogP contribution in [0.1, 0.15) is 25.0 Å². The summed E-state index contributed by atoms with van der Waals surface area (Å²) in [6, 6.07) is 19.9. The van der Waals surface area contributed by atoms with Crippen LogP contribution in [0.25, 0.3) is 0 Å². The number of anilines is 1. The van der Waals surface area contributed by atoms with Gasteiger partial charge in [0.2, 0.25) is 21.8 Å². The van der Waals surface area contributed by atoms with Crippen LogP contribution in [0, 0.1) is 5.92 Å². The third kappa shape index (κ3) is 8.61. The molecule has 0 aromatic heterocycles. The second-order valence-electron chi connectivity index (χ2n) is 9.80. The Morgan fingerprint density at radius 2 is 1.50 bits per heavy atom. The van der Waals surface area contributed by atoms with Crippen molar-refractivity contribution in [1.82, 2.24) is 10.2 Å². The largest absolute Gasteiger partial charge is 0.354 e. The van der Waals surface area contributed by atoms with Crippen LogP contribution in [0.2, 0.25) is 15.1 Å². The highest BCUT2D eigenvalue weighted by Gasteiger charge is 2.34. The zero-order chi connectivity index (χ0) is 29.4. The molecule has 40 heavy (non-hydrogen) atoms. The zero-order valence-electron chi connectivity index (χ0n) is 22.5. The monoisotopic (exact) mass is 623 g/mol. The lowest BCUT2D eigenvalue weighted by molar-refractivity contribution is -0.140. The molecule has 0 aliphatic carbocycles. The average Bonchev–Trinajstić information content (AvgIpc) is 2.90. The molecule has 0 aliphatic rings. The molecule has 2 amide bonds. The molecule has 214 valence electrons. The highest BCUT2D eigenvalue weighted by molar-refractivity contribution is 7.92. The summed E-state index contributed by atoms with van der Waals surface area (Å²) in [4.78, 5) is 29.1. The molecule has 0 saturated heterocycles. The summed E-state index contributed by atoms with van der Waals surface area (Å²) in [5.74, 6) is -0.786. The van der Waals surface area contributed by atoms with E-state index in [2.05, 4.69) is 5.32 Å². The number of rotatable bonds is 12. The summed E-state index contributed by atoms with van der Waals surface area (Å²) >= 11 is 19.0. The minimum Gasteiger partial charge on any atom is -0.354 e. The fourth-order valence-corrected chi connectivity index (χ4v) is 5.56. The van der Waals surface area contributed by atoms with Gasteiger partial charge >= 0.3 is 0 Å².